The summed E-state index contributed by atoms with van der Waals surface area (Å²) in [7, 11) is 0. The number of benzene rings is 2. The molecule has 4 amide bonds. The standard InChI is InChI=1S/C23H22F2N4O3S2/c1-3-33-22-27-20-19(34-22)21(31)29(17-6-4-13(2)5-7-17)23(32)28(20)12-18(30)26-11-14-8-15(24)10-16(25)9-14/h4-10,19-20H,3,11-12H2,1-2H3,(H,26,30). The smallest absolute Gasteiger partial charge is 0.333 e. The van der Waals surface area contributed by atoms with Gasteiger partial charge in [-0.3, -0.25) is 14.5 Å². The normalized spacial score (nSPS) is 19.8. The number of amides is 4. The fraction of sp³-hybridized carbons (Fsp3) is 0.304. The zero-order valence-electron chi connectivity index (χ0n) is 18.5. The summed E-state index contributed by atoms with van der Waals surface area (Å²) < 4.78 is 27.5. The van der Waals surface area contributed by atoms with Gasteiger partial charge in [0.1, 0.15) is 34.0 Å². The quantitative estimate of drug-likeness (QED) is 0.645. The monoisotopic (exact) mass is 504 g/mol. The summed E-state index contributed by atoms with van der Waals surface area (Å²) in [5.74, 6) is -1.66. The fourth-order valence-electron chi connectivity index (χ4n) is 3.66. The summed E-state index contributed by atoms with van der Waals surface area (Å²) in [5.41, 5.74) is 1.64. The van der Waals surface area contributed by atoms with Crippen LogP contribution in [0.15, 0.2) is 47.5 Å². The lowest BCUT2D eigenvalue weighted by Gasteiger charge is -2.39. The number of carbonyl (C=O) groups is 3. The Labute approximate surface area is 204 Å². The number of halogens is 2. The number of fused-ring (bicyclic) bond motifs is 1. The van der Waals surface area contributed by atoms with Crippen molar-refractivity contribution < 1.29 is 23.2 Å². The Balaban J connectivity index is 1.56. The van der Waals surface area contributed by atoms with Gasteiger partial charge in [0, 0.05) is 12.6 Å². The summed E-state index contributed by atoms with van der Waals surface area (Å²) >= 11 is 2.76. The number of aliphatic imine (C=N–C) groups is 1. The second kappa shape index (κ2) is 10.1. The molecule has 2 aromatic carbocycles. The van der Waals surface area contributed by atoms with Gasteiger partial charge in [-0.1, -0.05) is 36.4 Å². The molecule has 11 heteroatoms. The van der Waals surface area contributed by atoms with Crippen LogP contribution in [-0.4, -0.2) is 50.8 Å². The highest BCUT2D eigenvalue weighted by Gasteiger charge is 2.51. The number of urea groups is 1. The second-order valence-corrected chi connectivity index (χ2v) is 10.4. The van der Waals surface area contributed by atoms with Gasteiger partial charge in [0.05, 0.1) is 5.69 Å². The van der Waals surface area contributed by atoms with E-state index in [1.165, 1.54) is 28.4 Å². The number of carbonyl (C=O) groups excluding carboxylic acids is 3. The molecule has 0 saturated carbocycles. The molecule has 2 aromatic rings. The van der Waals surface area contributed by atoms with Gasteiger partial charge in [-0.25, -0.2) is 23.5 Å². The van der Waals surface area contributed by atoms with Crippen LogP contribution in [0.5, 0.6) is 0 Å². The van der Waals surface area contributed by atoms with Crippen LogP contribution in [0.2, 0.25) is 0 Å². The molecule has 2 heterocycles. The van der Waals surface area contributed by atoms with Gasteiger partial charge in [-0.2, -0.15) is 0 Å². The molecule has 7 nitrogen and oxygen atoms in total. The first-order chi connectivity index (χ1) is 16.3. The van der Waals surface area contributed by atoms with Crippen molar-refractivity contribution in [2.75, 3.05) is 17.2 Å². The number of nitrogens with zero attached hydrogens (tertiary/aromatic N) is 3. The summed E-state index contributed by atoms with van der Waals surface area (Å²) in [6.07, 6.45) is -0.807. The molecule has 2 atom stereocenters. The van der Waals surface area contributed by atoms with Crippen LogP contribution in [0.3, 0.4) is 0 Å². The topological polar surface area (TPSA) is 82.1 Å². The van der Waals surface area contributed by atoms with Gasteiger partial charge < -0.3 is 5.32 Å². The van der Waals surface area contributed by atoms with E-state index in [1.807, 2.05) is 13.8 Å². The predicted octanol–water partition coefficient (Wildman–Crippen LogP) is 3.91. The van der Waals surface area contributed by atoms with Crippen LogP contribution in [0, 0.1) is 18.6 Å². The lowest BCUT2D eigenvalue weighted by atomic mass is 10.1. The van der Waals surface area contributed by atoms with Crippen molar-refractivity contribution in [2.24, 2.45) is 4.99 Å². The Morgan fingerprint density at radius 3 is 2.47 bits per heavy atom. The minimum absolute atomic E-state index is 0.112. The summed E-state index contributed by atoms with van der Waals surface area (Å²) in [6, 6.07) is 9.31. The van der Waals surface area contributed by atoms with E-state index < -0.39 is 35.0 Å². The Bertz CT molecular complexity index is 1140. The van der Waals surface area contributed by atoms with Crippen LogP contribution in [-0.2, 0) is 16.1 Å². The first-order valence-corrected chi connectivity index (χ1v) is 12.4. The molecule has 1 fully saturated rings. The van der Waals surface area contributed by atoms with Crippen molar-refractivity contribution in [2.45, 2.75) is 31.8 Å². The van der Waals surface area contributed by atoms with E-state index in [1.54, 1.807) is 24.3 Å². The van der Waals surface area contributed by atoms with Crippen LogP contribution in [0.1, 0.15) is 18.1 Å². The van der Waals surface area contributed by atoms with Crippen molar-refractivity contribution in [3.05, 3.63) is 65.2 Å². The number of hydrogen-bond acceptors (Lipinski definition) is 6. The molecular formula is C23H22F2N4O3S2. The zero-order valence-corrected chi connectivity index (χ0v) is 20.1. The average molecular weight is 505 g/mol. The molecule has 0 bridgehead atoms. The van der Waals surface area contributed by atoms with E-state index >= 15 is 0 Å². The van der Waals surface area contributed by atoms with E-state index in [-0.39, 0.29) is 24.6 Å². The van der Waals surface area contributed by atoms with Gasteiger partial charge in [0.2, 0.25) is 5.91 Å². The maximum Gasteiger partial charge on any atom is 0.333 e. The van der Waals surface area contributed by atoms with Gasteiger partial charge in [-0.15, -0.1) is 11.8 Å². The number of hydrogen-bond donors (Lipinski definition) is 1. The Morgan fingerprint density at radius 2 is 1.82 bits per heavy atom. The van der Waals surface area contributed by atoms with Crippen LogP contribution < -0.4 is 10.2 Å². The Hall–Kier alpha value is -2.92. The highest BCUT2D eigenvalue weighted by Crippen LogP contribution is 2.39. The summed E-state index contributed by atoms with van der Waals surface area (Å²) in [6.45, 7) is 3.39. The van der Waals surface area contributed by atoms with Crippen molar-refractivity contribution in [3.8, 4) is 0 Å². The summed E-state index contributed by atoms with van der Waals surface area (Å²) in [4.78, 5) is 46.3. The molecule has 0 spiro atoms. The highest BCUT2D eigenvalue weighted by molar-refractivity contribution is 8.39. The fourth-order valence-corrected chi connectivity index (χ4v) is 5.95. The minimum Gasteiger partial charge on any atom is -0.350 e. The molecule has 2 unspecified atom stereocenters. The molecule has 0 aliphatic carbocycles. The third-order valence-electron chi connectivity index (χ3n) is 5.24. The lowest BCUT2D eigenvalue weighted by Crippen LogP contribution is -2.63. The van der Waals surface area contributed by atoms with E-state index in [9.17, 15) is 23.2 Å². The molecule has 0 radical (unpaired) electrons. The Kier molecular flexibility index (Phi) is 7.22. The maximum atomic E-state index is 13.4. The third-order valence-corrected chi connectivity index (χ3v) is 7.53. The van der Waals surface area contributed by atoms with Gasteiger partial charge in [-0.05, 0) is 42.5 Å². The van der Waals surface area contributed by atoms with E-state index in [2.05, 4.69) is 10.3 Å². The van der Waals surface area contributed by atoms with E-state index in [4.69, 9.17) is 0 Å². The van der Waals surface area contributed by atoms with Gasteiger partial charge in [0.15, 0.2) is 0 Å². The minimum atomic E-state index is -0.807. The van der Waals surface area contributed by atoms with Crippen molar-refractivity contribution in [3.63, 3.8) is 0 Å². The molecule has 2 aliphatic rings. The molecule has 34 heavy (non-hydrogen) atoms. The zero-order chi connectivity index (χ0) is 24.4. The number of rotatable bonds is 6. The molecule has 0 aromatic heterocycles. The number of imide groups is 1. The predicted molar refractivity (Wildman–Crippen MR) is 130 cm³/mol. The molecule has 1 saturated heterocycles. The first kappa shape index (κ1) is 24.2. The van der Waals surface area contributed by atoms with Crippen LogP contribution in [0.25, 0.3) is 0 Å². The Morgan fingerprint density at radius 1 is 1.15 bits per heavy atom. The van der Waals surface area contributed by atoms with E-state index in [0.717, 1.165) is 34.4 Å². The first-order valence-electron chi connectivity index (χ1n) is 10.6. The number of nitrogens with one attached hydrogen (secondary N) is 1. The van der Waals surface area contributed by atoms with Crippen LogP contribution in [0.4, 0.5) is 19.3 Å². The molecule has 2 aliphatic heterocycles. The second-order valence-electron chi connectivity index (χ2n) is 7.75. The number of aryl methyl sites for hydroxylation is 1. The van der Waals surface area contributed by atoms with Gasteiger partial charge >= 0.3 is 6.03 Å². The van der Waals surface area contributed by atoms with Crippen molar-refractivity contribution >= 4 is 51.4 Å². The molecule has 1 N–H and O–H groups in total. The van der Waals surface area contributed by atoms with Crippen molar-refractivity contribution in [1.29, 1.82) is 0 Å². The van der Waals surface area contributed by atoms with Crippen molar-refractivity contribution in [1.82, 2.24) is 10.2 Å². The molecule has 4 rings (SSSR count). The lowest BCUT2D eigenvalue weighted by molar-refractivity contribution is -0.124. The highest BCUT2D eigenvalue weighted by atomic mass is 32.2. The van der Waals surface area contributed by atoms with Crippen LogP contribution >= 0.6 is 23.5 Å². The largest absolute Gasteiger partial charge is 0.350 e. The number of thioether (sulfide) groups is 2. The van der Waals surface area contributed by atoms with Gasteiger partial charge in [0.25, 0.3) is 5.91 Å². The molecular weight excluding hydrogens is 482 g/mol. The molecule has 178 valence electrons. The third kappa shape index (κ3) is 5.10. The SMILES string of the molecule is CCSC1=NC2C(S1)C(=O)N(c1ccc(C)cc1)C(=O)N2CC(=O)NCc1cc(F)cc(F)c1. The maximum absolute atomic E-state index is 13.4. The number of anilines is 1. The average Bonchev–Trinajstić information content (AvgIpc) is 3.20. The van der Waals surface area contributed by atoms with E-state index in [0.29, 0.717) is 10.1 Å². The summed E-state index contributed by atoms with van der Waals surface area (Å²) in [5, 5.41) is 1.91.